The monoisotopic (exact) mass is 177 g/mol. The number of rotatable bonds is 5. The van der Waals surface area contributed by atoms with Gasteiger partial charge < -0.3 is 5.32 Å². The van der Waals surface area contributed by atoms with Crippen LogP contribution in [0.4, 0.5) is 0 Å². The number of hydrogen-bond donors (Lipinski definition) is 1. The maximum absolute atomic E-state index is 10.8. The topological polar surface area (TPSA) is 29.1 Å². The highest BCUT2D eigenvalue weighted by Gasteiger charge is 1.96. The van der Waals surface area contributed by atoms with Gasteiger partial charge in [-0.15, -0.1) is 6.58 Å². The Kier molecular flexibility index (Phi) is 6.96. The molecule has 0 heterocycles. The predicted octanol–water partition coefficient (Wildman–Crippen LogP) is 1.30. The first-order valence-corrected chi connectivity index (χ1v) is 5.57. The smallest absolute Gasteiger partial charge is 0.231 e. The van der Waals surface area contributed by atoms with Crippen molar-refractivity contribution in [2.45, 2.75) is 0 Å². The lowest BCUT2D eigenvalue weighted by Gasteiger charge is -1.98. The molecule has 0 fully saturated rings. The summed E-state index contributed by atoms with van der Waals surface area (Å²) < 4.78 is 0. The van der Waals surface area contributed by atoms with E-state index in [1.807, 2.05) is 6.26 Å². The minimum Gasteiger partial charge on any atom is -0.352 e. The third kappa shape index (κ3) is 6.04. The van der Waals surface area contributed by atoms with E-state index in [1.54, 1.807) is 16.9 Å². The zero-order chi connectivity index (χ0) is 7.82. The van der Waals surface area contributed by atoms with Crippen LogP contribution in [0.2, 0.25) is 0 Å². The summed E-state index contributed by atoms with van der Waals surface area (Å²) in [4.78, 5) is 10.8. The normalized spacial score (nSPS) is 8.90. The molecule has 10 heavy (non-hydrogen) atoms. The van der Waals surface area contributed by atoms with E-state index in [1.165, 1.54) is 10.8 Å². The van der Waals surface area contributed by atoms with Crippen LogP contribution >= 0.6 is 21.6 Å². The van der Waals surface area contributed by atoms with E-state index < -0.39 is 0 Å². The number of carbonyl (C=O) groups excluding carboxylic acids is 1. The molecule has 1 N–H and O–H groups in total. The molecule has 0 rings (SSSR count). The highest BCUT2D eigenvalue weighted by Crippen LogP contribution is 2.15. The summed E-state index contributed by atoms with van der Waals surface area (Å²) in [5.74, 6) is 0.592. The Morgan fingerprint density at radius 1 is 1.80 bits per heavy atom. The number of amides is 1. The Balaban J connectivity index is 3.16. The molecule has 0 unspecified atom stereocenters. The van der Waals surface area contributed by atoms with Crippen molar-refractivity contribution in [3.63, 3.8) is 0 Å². The molecule has 0 atom stereocenters. The first-order valence-electron chi connectivity index (χ1n) is 2.84. The molecule has 0 saturated heterocycles. The van der Waals surface area contributed by atoms with E-state index in [0.717, 1.165) is 0 Å². The molecule has 0 aromatic heterocycles. The second kappa shape index (κ2) is 7.02. The maximum Gasteiger partial charge on any atom is 0.231 e. The molecular formula is C6H11NOS2. The van der Waals surface area contributed by atoms with E-state index >= 15 is 0 Å². The van der Waals surface area contributed by atoms with Gasteiger partial charge in [0.2, 0.25) is 5.91 Å². The first-order chi connectivity index (χ1) is 4.81. The SMILES string of the molecule is C=CCNC(=O)CSSC. The van der Waals surface area contributed by atoms with Crippen molar-refractivity contribution in [3.8, 4) is 0 Å². The fraction of sp³-hybridized carbons (Fsp3) is 0.500. The highest BCUT2D eigenvalue weighted by molar-refractivity contribution is 8.76. The lowest BCUT2D eigenvalue weighted by atomic mass is 10.6. The van der Waals surface area contributed by atoms with Crippen LogP contribution in [-0.4, -0.2) is 24.5 Å². The molecule has 0 saturated carbocycles. The van der Waals surface area contributed by atoms with Gasteiger partial charge in [-0.3, -0.25) is 4.79 Å². The van der Waals surface area contributed by atoms with Gasteiger partial charge in [0.05, 0.1) is 5.75 Å². The van der Waals surface area contributed by atoms with E-state index in [-0.39, 0.29) is 5.91 Å². The van der Waals surface area contributed by atoms with Crippen LogP contribution in [0.5, 0.6) is 0 Å². The van der Waals surface area contributed by atoms with Crippen LogP contribution in [-0.2, 0) is 4.79 Å². The van der Waals surface area contributed by atoms with Crippen LogP contribution in [0, 0.1) is 0 Å². The molecular weight excluding hydrogens is 166 g/mol. The molecule has 1 amide bonds. The summed E-state index contributed by atoms with van der Waals surface area (Å²) in [5.41, 5.74) is 0. The molecule has 0 aromatic rings. The minimum absolute atomic E-state index is 0.0688. The summed E-state index contributed by atoms with van der Waals surface area (Å²) in [5, 5.41) is 2.68. The molecule has 0 radical (unpaired) electrons. The fourth-order valence-corrected chi connectivity index (χ4v) is 1.35. The van der Waals surface area contributed by atoms with Gasteiger partial charge >= 0.3 is 0 Å². The Hall–Kier alpha value is -0.0900. The average molecular weight is 177 g/mol. The Labute approximate surface area is 69.2 Å². The first kappa shape index (κ1) is 9.91. The lowest BCUT2D eigenvalue weighted by Crippen LogP contribution is -2.24. The van der Waals surface area contributed by atoms with E-state index in [2.05, 4.69) is 11.9 Å². The number of carbonyl (C=O) groups is 1. The quantitative estimate of drug-likeness (QED) is 0.507. The van der Waals surface area contributed by atoms with Crippen LogP contribution in [0.15, 0.2) is 12.7 Å². The van der Waals surface area contributed by atoms with Gasteiger partial charge in [-0.2, -0.15) is 0 Å². The van der Waals surface area contributed by atoms with Gasteiger partial charge in [-0.05, 0) is 6.26 Å². The van der Waals surface area contributed by atoms with Gasteiger partial charge in [-0.1, -0.05) is 27.7 Å². The van der Waals surface area contributed by atoms with Gasteiger partial charge in [0, 0.05) is 6.54 Å². The van der Waals surface area contributed by atoms with E-state index in [4.69, 9.17) is 0 Å². The van der Waals surface area contributed by atoms with Crippen LogP contribution in [0.25, 0.3) is 0 Å². The third-order valence-corrected chi connectivity index (χ3v) is 2.43. The largest absolute Gasteiger partial charge is 0.352 e. The van der Waals surface area contributed by atoms with Crippen molar-refractivity contribution < 1.29 is 4.79 Å². The summed E-state index contributed by atoms with van der Waals surface area (Å²) in [7, 11) is 3.13. The average Bonchev–Trinajstić information content (AvgIpc) is 1.97. The van der Waals surface area contributed by atoms with Gasteiger partial charge in [-0.25, -0.2) is 0 Å². The maximum atomic E-state index is 10.8. The third-order valence-electron chi connectivity index (χ3n) is 0.751. The van der Waals surface area contributed by atoms with Crippen molar-refractivity contribution in [1.82, 2.24) is 5.32 Å². The van der Waals surface area contributed by atoms with E-state index in [9.17, 15) is 4.79 Å². The van der Waals surface area contributed by atoms with Gasteiger partial charge in [0.1, 0.15) is 0 Å². The van der Waals surface area contributed by atoms with Crippen LogP contribution in [0.1, 0.15) is 0 Å². The Morgan fingerprint density at radius 2 is 2.50 bits per heavy atom. The summed E-state index contributed by atoms with van der Waals surface area (Å²) in [6.45, 7) is 4.05. The van der Waals surface area contributed by atoms with Crippen LogP contribution in [0.3, 0.4) is 0 Å². The van der Waals surface area contributed by atoms with Crippen molar-refractivity contribution in [2.24, 2.45) is 0 Å². The molecule has 0 aliphatic carbocycles. The molecule has 2 nitrogen and oxygen atoms in total. The molecule has 0 spiro atoms. The minimum atomic E-state index is 0.0688. The zero-order valence-electron chi connectivity index (χ0n) is 5.92. The van der Waals surface area contributed by atoms with Gasteiger partial charge in [0.25, 0.3) is 0 Å². The molecule has 58 valence electrons. The van der Waals surface area contributed by atoms with Crippen molar-refractivity contribution in [1.29, 1.82) is 0 Å². The van der Waals surface area contributed by atoms with Gasteiger partial charge in [0.15, 0.2) is 0 Å². The predicted molar refractivity (Wildman–Crippen MR) is 49.2 cm³/mol. The lowest BCUT2D eigenvalue weighted by molar-refractivity contribution is -0.118. The Morgan fingerprint density at radius 3 is 3.00 bits per heavy atom. The van der Waals surface area contributed by atoms with Crippen molar-refractivity contribution in [2.75, 3.05) is 18.6 Å². The molecule has 0 aliphatic rings. The van der Waals surface area contributed by atoms with E-state index in [0.29, 0.717) is 12.3 Å². The number of hydrogen-bond acceptors (Lipinski definition) is 3. The van der Waals surface area contributed by atoms with Crippen molar-refractivity contribution in [3.05, 3.63) is 12.7 Å². The summed E-state index contributed by atoms with van der Waals surface area (Å²) in [6.07, 6.45) is 3.62. The van der Waals surface area contributed by atoms with Crippen LogP contribution < -0.4 is 5.32 Å². The summed E-state index contributed by atoms with van der Waals surface area (Å²) >= 11 is 0. The number of nitrogens with one attached hydrogen (secondary N) is 1. The zero-order valence-corrected chi connectivity index (χ0v) is 7.56. The second-order valence-electron chi connectivity index (χ2n) is 1.52. The molecule has 0 bridgehead atoms. The molecule has 4 heteroatoms. The summed E-state index contributed by atoms with van der Waals surface area (Å²) in [6, 6.07) is 0. The molecule has 0 aliphatic heterocycles. The fourth-order valence-electron chi connectivity index (χ4n) is 0.349. The van der Waals surface area contributed by atoms with Crippen molar-refractivity contribution >= 4 is 27.5 Å². The Bertz CT molecular complexity index is 116. The second-order valence-corrected chi connectivity index (χ2v) is 4.09. The standard InChI is InChI=1S/C6H11NOS2/c1-3-4-7-6(8)5-10-9-2/h3H,1,4-5H2,2H3,(H,7,8). The highest BCUT2D eigenvalue weighted by atomic mass is 33.1. The molecule has 0 aromatic carbocycles.